The molecule has 0 bridgehead atoms. The molecule has 0 heterocycles. The Hall–Kier alpha value is -1.10. The quantitative estimate of drug-likeness (QED) is 0.727. The van der Waals surface area contributed by atoms with Crippen LogP contribution in [0.15, 0.2) is 18.2 Å². The second kappa shape index (κ2) is 6.37. The summed E-state index contributed by atoms with van der Waals surface area (Å²) in [4.78, 5) is 0. The molecule has 0 spiro atoms. The Labute approximate surface area is 114 Å². The van der Waals surface area contributed by atoms with Gasteiger partial charge >= 0.3 is 0 Å². The van der Waals surface area contributed by atoms with Gasteiger partial charge in [0.05, 0.1) is 19.3 Å². The van der Waals surface area contributed by atoms with Gasteiger partial charge in [-0.2, -0.15) is 0 Å². The van der Waals surface area contributed by atoms with Crippen molar-refractivity contribution in [3.63, 3.8) is 0 Å². The van der Waals surface area contributed by atoms with Crippen molar-refractivity contribution in [1.29, 1.82) is 0 Å². The van der Waals surface area contributed by atoms with Gasteiger partial charge in [-0.3, -0.25) is 0 Å². The maximum Gasteiger partial charge on any atom is 0.124 e. The van der Waals surface area contributed by atoms with Gasteiger partial charge in [-0.25, -0.2) is 0 Å². The molecule has 1 saturated carbocycles. The fourth-order valence-electron chi connectivity index (χ4n) is 2.52. The van der Waals surface area contributed by atoms with Crippen LogP contribution in [0.5, 0.6) is 5.75 Å². The molecule has 0 aliphatic heterocycles. The highest BCUT2D eigenvalue weighted by Crippen LogP contribution is 2.27. The number of nitrogens with one attached hydrogen (secondary N) is 1. The van der Waals surface area contributed by atoms with Gasteiger partial charge in [0.1, 0.15) is 5.75 Å². The first-order valence-corrected chi connectivity index (χ1v) is 6.81. The molecule has 0 radical (unpaired) electrons. The molecular weight excluding hydrogens is 242 g/mol. The molecule has 1 aliphatic rings. The second-order valence-corrected chi connectivity index (χ2v) is 5.41. The van der Waals surface area contributed by atoms with E-state index >= 15 is 0 Å². The van der Waals surface area contributed by atoms with Gasteiger partial charge in [0.25, 0.3) is 0 Å². The lowest BCUT2D eigenvalue weighted by Gasteiger charge is -2.31. The molecule has 106 valence electrons. The van der Waals surface area contributed by atoms with Crippen LogP contribution in [0.25, 0.3) is 0 Å². The van der Waals surface area contributed by atoms with Crippen molar-refractivity contribution >= 4 is 0 Å². The van der Waals surface area contributed by atoms with Crippen molar-refractivity contribution in [2.75, 3.05) is 20.2 Å². The summed E-state index contributed by atoms with van der Waals surface area (Å²) in [7, 11) is 1.62. The molecule has 1 unspecified atom stereocenters. The van der Waals surface area contributed by atoms with Gasteiger partial charge in [0.15, 0.2) is 0 Å². The Kier molecular flexibility index (Phi) is 4.80. The third kappa shape index (κ3) is 3.69. The molecule has 1 aromatic rings. The monoisotopic (exact) mass is 265 g/mol. The topological polar surface area (TPSA) is 61.7 Å². The summed E-state index contributed by atoms with van der Waals surface area (Å²) in [5.41, 5.74) is 1.93. The van der Waals surface area contributed by atoms with Crippen LogP contribution in [-0.4, -0.2) is 36.5 Å². The number of rotatable bonds is 6. The third-order valence-corrected chi connectivity index (χ3v) is 3.73. The van der Waals surface area contributed by atoms with Crippen molar-refractivity contribution in [2.24, 2.45) is 5.92 Å². The van der Waals surface area contributed by atoms with E-state index in [1.165, 1.54) is 0 Å². The molecule has 0 amide bonds. The third-order valence-electron chi connectivity index (χ3n) is 3.73. The number of benzene rings is 1. The van der Waals surface area contributed by atoms with Gasteiger partial charge in [0, 0.05) is 12.1 Å². The van der Waals surface area contributed by atoms with Gasteiger partial charge in [-0.1, -0.05) is 11.6 Å². The SMILES string of the molecule is COc1ccc(C)cc1C(O)CNCC1CC(O)C1. The van der Waals surface area contributed by atoms with Crippen LogP contribution in [0, 0.1) is 12.8 Å². The van der Waals surface area contributed by atoms with Gasteiger partial charge < -0.3 is 20.3 Å². The molecule has 3 N–H and O–H groups in total. The van der Waals surface area contributed by atoms with Crippen molar-refractivity contribution in [3.05, 3.63) is 29.3 Å². The molecule has 19 heavy (non-hydrogen) atoms. The molecule has 1 aromatic carbocycles. The number of aliphatic hydroxyl groups excluding tert-OH is 2. The molecule has 1 fully saturated rings. The van der Waals surface area contributed by atoms with Gasteiger partial charge in [-0.05, 0) is 44.4 Å². The van der Waals surface area contributed by atoms with E-state index in [1.807, 2.05) is 25.1 Å². The average molecular weight is 265 g/mol. The lowest BCUT2D eigenvalue weighted by molar-refractivity contribution is 0.0414. The van der Waals surface area contributed by atoms with E-state index in [0.717, 1.165) is 36.3 Å². The number of methoxy groups -OCH3 is 1. The summed E-state index contributed by atoms with van der Waals surface area (Å²) in [5, 5.41) is 22.7. The zero-order chi connectivity index (χ0) is 13.8. The van der Waals surface area contributed by atoms with Crippen LogP contribution >= 0.6 is 0 Å². The van der Waals surface area contributed by atoms with E-state index in [2.05, 4.69) is 5.32 Å². The Morgan fingerprint density at radius 3 is 2.79 bits per heavy atom. The van der Waals surface area contributed by atoms with Crippen LogP contribution < -0.4 is 10.1 Å². The first-order valence-electron chi connectivity index (χ1n) is 6.81. The van der Waals surface area contributed by atoms with Crippen LogP contribution in [0.2, 0.25) is 0 Å². The fraction of sp³-hybridized carbons (Fsp3) is 0.600. The minimum Gasteiger partial charge on any atom is -0.496 e. The molecule has 0 saturated heterocycles. The number of aliphatic hydroxyl groups is 2. The zero-order valence-corrected chi connectivity index (χ0v) is 11.6. The Morgan fingerprint density at radius 2 is 2.16 bits per heavy atom. The number of hydrogen-bond donors (Lipinski definition) is 3. The summed E-state index contributed by atoms with van der Waals surface area (Å²) < 4.78 is 5.27. The predicted molar refractivity (Wildman–Crippen MR) is 74.3 cm³/mol. The average Bonchev–Trinajstić information content (AvgIpc) is 2.36. The second-order valence-electron chi connectivity index (χ2n) is 5.41. The summed E-state index contributed by atoms with van der Waals surface area (Å²) in [6.45, 7) is 3.35. The predicted octanol–water partition coefficient (Wildman–Crippen LogP) is 1.40. The Balaban J connectivity index is 1.85. The van der Waals surface area contributed by atoms with E-state index < -0.39 is 6.10 Å². The minimum atomic E-state index is -0.570. The Bertz CT molecular complexity index is 416. The smallest absolute Gasteiger partial charge is 0.124 e. The van der Waals surface area contributed by atoms with Crippen molar-refractivity contribution in [3.8, 4) is 5.75 Å². The zero-order valence-electron chi connectivity index (χ0n) is 11.6. The minimum absolute atomic E-state index is 0.117. The highest BCUT2D eigenvalue weighted by Gasteiger charge is 2.26. The van der Waals surface area contributed by atoms with Gasteiger partial charge in [0.2, 0.25) is 0 Å². The fourth-order valence-corrected chi connectivity index (χ4v) is 2.52. The first kappa shape index (κ1) is 14.3. The maximum atomic E-state index is 10.2. The van der Waals surface area contributed by atoms with E-state index in [0.29, 0.717) is 12.5 Å². The number of hydrogen-bond acceptors (Lipinski definition) is 4. The molecular formula is C15H23NO3. The largest absolute Gasteiger partial charge is 0.496 e. The standard InChI is InChI=1S/C15H23NO3/c1-10-3-4-15(19-2)13(5-10)14(18)9-16-8-11-6-12(17)7-11/h3-5,11-12,14,16-18H,6-9H2,1-2H3. The maximum absolute atomic E-state index is 10.2. The molecule has 1 aliphatic carbocycles. The van der Waals surface area contributed by atoms with E-state index in [-0.39, 0.29) is 6.10 Å². The normalized spacial score (nSPS) is 23.8. The molecule has 4 nitrogen and oxygen atoms in total. The molecule has 2 rings (SSSR count). The molecule has 4 heteroatoms. The lowest BCUT2D eigenvalue weighted by Crippen LogP contribution is -2.37. The molecule has 0 aromatic heterocycles. The summed E-state index contributed by atoms with van der Waals surface area (Å²) in [5.74, 6) is 1.26. The van der Waals surface area contributed by atoms with Crippen LogP contribution in [0.3, 0.4) is 0 Å². The highest BCUT2D eigenvalue weighted by atomic mass is 16.5. The summed E-state index contributed by atoms with van der Waals surface area (Å²) in [6.07, 6.45) is 1.06. The summed E-state index contributed by atoms with van der Waals surface area (Å²) >= 11 is 0. The van der Waals surface area contributed by atoms with Crippen LogP contribution in [0.1, 0.15) is 30.1 Å². The van der Waals surface area contributed by atoms with E-state index in [9.17, 15) is 10.2 Å². The summed E-state index contributed by atoms with van der Waals surface area (Å²) in [6, 6.07) is 5.81. The van der Waals surface area contributed by atoms with E-state index in [1.54, 1.807) is 7.11 Å². The van der Waals surface area contributed by atoms with Gasteiger partial charge in [-0.15, -0.1) is 0 Å². The van der Waals surface area contributed by atoms with Crippen molar-refractivity contribution in [1.82, 2.24) is 5.32 Å². The van der Waals surface area contributed by atoms with Crippen molar-refractivity contribution in [2.45, 2.75) is 32.0 Å². The lowest BCUT2D eigenvalue weighted by atomic mass is 9.82. The molecule has 1 atom stereocenters. The first-order chi connectivity index (χ1) is 9.10. The Morgan fingerprint density at radius 1 is 1.42 bits per heavy atom. The van der Waals surface area contributed by atoms with Crippen molar-refractivity contribution < 1.29 is 14.9 Å². The number of ether oxygens (including phenoxy) is 1. The van der Waals surface area contributed by atoms with Crippen LogP contribution in [0.4, 0.5) is 0 Å². The van der Waals surface area contributed by atoms with Crippen LogP contribution in [-0.2, 0) is 0 Å². The van der Waals surface area contributed by atoms with E-state index in [4.69, 9.17) is 4.74 Å². The highest BCUT2D eigenvalue weighted by molar-refractivity contribution is 5.38. The number of aryl methyl sites for hydroxylation is 1.